The summed E-state index contributed by atoms with van der Waals surface area (Å²) >= 11 is 0. The van der Waals surface area contributed by atoms with Gasteiger partial charge in [-0.1, -0.05) is 98.0 Å². The van der Waals surface area contributed by atoms with E-state index in [0.29, 0.717) is 11.8 Å². The maximum atomic E-state index is 2.46. The Hall–Kier alpha value is -2.60. The summed E-state index contributed by atoms with van der Waals surface area (Å²) in [5, 5.41) is 0. The molecule has 0 nitrogen and oxygen atoms in total. The lowest BCUT2D eigenvalue weighted by Gasteiger charge is -2.29. The zero-order chi connectivity index (χ0) is 17.1. The predicted octanol–water partition coefficient (Wildman–Crippen LogP) is 6.84. The van der Waals surface area contributed by atoms with Gasteiger partial charge in [-0.15, -0.1) is 0 Å². The molecule has 2 atom stereocenters. The maximum absolute atomic E-state index is 2.46. The first-order valence-electron chi connectivity index (χ1n) is 9.25. The number of rotatable bonds is 3. The fourth-order valence-corrected chi connectivity index (χ4v) is 3.97. The molecule has 0 saturated heterocycles. The van der Waals surface area contributed by atoms with E-state index < -0.39 is 0 Å². The Balaban J connectivity index is 1.79. The summed E-state index contributed by atoms with van der Waals surface area (Å²) in [7, 11) is 0. The molecule has 4 rings (SSSR count). The van der Waals surface area contributed by atoms with E-state index in [1.807, 2.05) is 0 Å². The highest BCUT2D eigenvalue weighted by molar-refractivity contribution is 5.89. The molecule has 0 N–H and O–H groups in total. The lowest BCUT2D eigenvalue weighted by atomic mass is 9.75. The van der Waals surface area contributed by atoms with Gasteiger partial charge in [-0.25, -0.2) is 0 Å². The molecule has 2 aromatic rings. The molecule has 0 spiro atoms. The van der Waals surface area contributed by atoms with Crippen molar-refractivity contribution in [3.05, 3.63) is 102 Å². The molecule has 0 bridgehead atoms. The Morgan fingerprint density at radius 2 is 1.40 bits per heavy atom. The second-order valence-electron chi connectivity index (χ2n) is 6.92. The Kier molecular flexibility index (Phi) is 4.52. The molecular formula is C25H24. The molecule has 2 aliphatic carbocycles. The SMILES string of the molecule is CC1C=CC=CC1C1=CCCC=C1c1ccccc1-c1ccccc1. The van der Waals surface area contributed by atoms with Crippen LogP contribution >= 0.6 is 0 Å². The van der Waals surface area contributed by atoms with Crippen molar-refractivity contribution in [2.75, 3.05) is 0 Å². The van der Waals surface area contributed by atoms with E-state index in [1.165, 1.54) is 27.8 Å². The molecule has 2 aliphatic rings. The van der Waals surface area contributed by atoms with Gasteiger partial charge >= 0.3 is 0 Å². The van der Waals surface area contributed by atoms with Crippen LogP contribution in [0.5, 0.6) is 0 Å². The Bertz CT molecular complexity index is 862. The van der Waals surface area contributed by atoms with Crippen molar-refractivity contribution in [1.82, 2.24) is 0 Å². The van der Waals surface area contributed by atoms with Gasteiger partial charge in [0.05, 0.1) is 0 Å². The molecule has 0 heterocycles. The molecule has 124 valence electrons. The van der Waals surface area contributed by atoms with Gasteiger partial charge in [0.15, 0.2) is 0 Å². The van der Waals surface area contributed by atoms with Crippen LogP contribution in [-0.2, 0) is 0 Å². The van der Waals surface area contributed by atoms with Crippen LogP contribution in [0.15, 0.2) is 96.6 Å². The zero-order valence-electron chi connectivity index (χ0n) is 14.7. The van der Waals surface area contributed by atoms with E-state index in [9.17, 15) is 0 Å². The lowest BCUT2D eigenvalue weighted by molar-refractivity contribution is 0.585. The molecule has 0 heteroatoms. The Morgan fingerprint density at radius 3 is 2.20 bits per heavy atom. The van der Waals surface area contributed by atoms with Gasteiger partial charge in [0, 0.05) is 5.92 Å². The summed E-state index contributed by atoms with van der Waals surface area (Å²) in [6.45, 7) is 2.32. The number of hydrogen-bond acceptors (Lipinski definition) is 0. The maximum Gasteiger partial charge on any atom is 0.00842 e. The minimum absolute atomic E-state index is 0.473. The third-order valence-electron chi connectivity index (χ3n) is 5.26. The van der Waals surface area contributed by atoms with Crippen molar-refractivity contribution in [3.8, 4) is 11.1 Å². The van der Waals surface area contributed by atoms with E-state index in [2.05, 4.69) is 98.0 Å². The monoisotopic (exact) mass is 324 g/mol. The number of benzene rings is 2. The molecule has 25 heavy (non-hydrogen) atoms. The van der Waals surface area contributed by atoms with Crippen molar-refractivity contribution in [3.63, 3.8) is 0 Å². The van der Waals surface area contributed by atoms with Crippen LogP contribution in [0.25, 0.3) is 16.7 Å². The van der Waals surface area contributed by atoms with Crippen LogP contribution in [0, 0.1) is 11.8 Å². The standard InChI is InChI=1S/C25H24/c1-19-11-5-6-14-21(19)23-16-9-10-18-25(23)24-17-8-7-15-22(24)20-12-3-2-4-13-20/h2-8,11-19,21H,9-10H2,1H3. The van der Waals surface area contributed by atoms with Crippen molar-refractivity contribution in [2.45, 2.75) is 19.8 Å². The van der Waals surface area contributed by atoms with Crippen LogP contribution < -0.4 is 0 Å². The summed E-state index contributed by atoms with van der Waals surface area (Å²) in [5.74, 6) is 1.02. The first kappa shape index (κ1) is 15.9. The highest BCUT2D eigenvalue weighted by atomic mass is 14.3. The minimum Gasteiger partial charge on any atom is -0.0808 e. The van der Waals surface area contributed by atoms with Crippen LogP contribution in [0.3, 0.4) is 0 Å². The molecule has 0 aromatic heterocycles. The minimum atomic E-state index is 0.473. The van der Waals surface area contributed by atoms with E-state index >= 15 is 0 Å². The van der Waals surface area contributed by atoms with Gasteiger partial charge in [0.2, 0.25) is 0 Å². The number of hydrogen-bond donors (Lipinski definition) is 0. The van der Waals surface area contributed by atoms with Crippen LogP contribution in [0.2, 0.25) is 0 Å². The highest BCUT2D eigenvalue weighted by Crippen LogP contribution is 2.41. The van der Waals surface area contributed by atoms with Crippen LogP contribution in [-0.4, -0.2) is 0 Å². The Labute approximate surface area is 150 Å². The summed E-state index contributed by atoms with van der Waals surface area (Å²) in [6.07, 6.45) is 16.2. The topological polar surface area (TPSA) is 0 Å². The van der Waals surface area contributed by atoms with Crippen molar-refractivity contribution >= 4 is 5.57 Å². The smallest absolute Gasteiger partial charge is 0.00842 e. The molecule has 2 aromatic carbocycles. The number of allylic oxidation sites excluding steroid dienone is 8. The molecule has 0 fully saturated rings. The first-order valence-corrected chi connectivity index (χ1v) is 9.25. The van der Waals surface area contributed by atoms with Gasteiger partial charge in [0.25, 0.3) is 0 Å². The summed E-state index contributed by atoms with van der Waals surface area (Å²) in [5.41, 5.74) is 6.88. The van der Waals surface area contributed by atoms with Crippen molar-refractivity contribution in [2.24, 2.45) is 11.8 Å². The zero-order valence-corrected chi connectivity index (χ0v) is 14.7. The van der Waals surface area contributed by atoms with E-state index in [4.69, 9.17) is 0 Å². The molecule has 0 amide bonds. The van der Waals surface area contributed by atoms with Gasteiger partial charge in [-0.2, -0.15) is 0 Å². The Morgan fingerprint density at radius 1 is 0.720 bits per heavy atom. The molecule has 0 saturated carbocycles. The summed E-state index contributed by atoms with van der Waals surface area (Å²) in [4.78, 5) is 0. The largest absolute Gasteiger partial charge is 0.0808 e. The summed E-state index contributed by atoms with van der Waals surface area (Å²) in [6, 6.07) is 19.6. The fraction of sp³-hybridized carbons (Fsp3) is 0.200. The average molecular weight is 324 g/mol. The van der Waals surface area contributed by atoms with Crippen molar-refractivity contribution in [1.29, 1.82) is 0 Å². The summed E-state index contributed by atoms with van der Waals surface area (Å²) < 4.78 is 0. The van der Waals surface area contributed by atoms with Gasteiger partial charge in [-0.05, 0) is 46.6 Å². The average Bonchev–Trinajstić information content (AvgIpc) is 2.69. The fourth-order valence-electron chi connectivity index (χ4n) is 3.97. The second kappa shape index (κ2) is 7.11. The van der Waals surface area contributed by atoms with Gasteiger partial charge in [0.1, 0.15) is 0 Å². The van der Waals surface area contributed by atoms with Crippen LogP contribution in [0.4, 0.5) is 0 Å². The van der Waals surface area contributed by atoms with Crippen LogP contribution in [0.1, 0.15) is 25.3 Å². The molecule has 2 unspecified atom stereocenters. The van der Waals surface area contributed by atoms with Gasteiger partial charge < -0.3 is 0 Å². The van der Waals surface area contributed by atoms with Crippen molar-refractivity contribution < 1.29 is 0 Å². The highest BCUT2D eigenvalue weighted by Gasteiger charge is 2.24. The van der Waals surface area contributed by atoms with E-state index in [-0.39, 0.29) is 0 Å². The quantitative estimate of drug-likeness (QED) is 0.580. The second-order valence-corrected chi connectivity index (χ2v) is 6.92. The first-order chi connectivity index (χ1) is 12.3. The normalized spacial score (nSPS) is 22.4. The predicted molar refractivity (Wildman–Crippen MR) is 108 cm³/mol. The molecule has 0 radical (unpaired) electrons. The third-order valence-corrected chi connectivity index (χ3v) is 5.26. The lowest BCUT2D eigenvalue weighted by Crippen LogP contribution is -2.15. The molecular weight excluding hydrogens is 300 g/mol. The third kappa shape index (κ3) is 3.17. The van der Waals surface area contributed by atoms with Gasteiger partial charge in [-0.3, -0.25) is 0 Å². The molecule has 0 aliphatic heterocycles. The van der Waals surface area contributed by atoms with E-state index in [0.717, 1.165) is 12.8 Å². The van der Waals surface area contributed by atoms with E-state index in [1.54, 1.807) is 0 Å².